The van der Waals surface area contributed by atoms with E-state index in [1.807, 2.05) is 13.8 Å². The van der Waals surface area contributed by atoms with Gasteiger partial charge in [0.2, 0.25) is 5.95 Å². The van der Waals surface area contributed by atoms with Crippen LogP contribution in [0.5, 0.6) is 0 Å². The molecule has 4 aliphatic rings. The zero-order chi connectivity index (χ0) is 24.8. The number of unbranched alkanes of at least 4 members (excludes halogenated alkanes) is 2. The Morgan fingerprint density at radius 1 is 1.09 bits per heavy atom. The number of amides is 1. The predicted molar refractivity (Wildman–Crippen MR) is 132 cm³/mol. The average molecular weight is 501 g/mol. The lowest BCUT2D eigenvalue weighted by atomic mass is 9.56. The molecule has 0 aromatic carbocycles. The second-order valence-electron chi connectivity index (χ2n) is 9.72. The third kappa shape index (κ3) is 6.18. The monoisotopic (exact) mass is 500 g/mol. The maximum Gasteiger partial charge on any atom is 0.434 e. The van der Waals surface area contributed by atoms with Crippen LogP contribution >= 0.6 is 11.8 Å². The van der Waals surface area contributed by atoms with Gasteiger partial charge in [-0.3, -0.25) is 4.79 Å². The number of aromatic nitrogens is 2. The highest BCUT2D eigenvalue weighted by molar-refractivity contribution is 7.99. The number of alkyl halides is 3. The fourth-order valence-corrected chi connectivity index (χ4v) is 6.47. The Balaban J connectivity index is 0.00000158. The van der Waals surface area contributed by atoms with Crippen LogP contribution in [0.3, 0.4) is 0 Å². The van der Waals surface area contributed by atoms with Gasteiger partial charge in [0, 0.05) is 36.3 Å². The molecular weight excluding hydrogens is 461 g/mol. The van der Waals surface area contributed by atoms with Crippen molar-refractivity contribution >= 4 is 23.6 Å². The fourth-order valence-electron chi connectivity index (χ4n) is 5.56. The number of anilines is 1. The van der Waals surface area contributed by atoms with Crippen molar-refractivity contribution in [3.63, 3.8) is 0 Å². The lowest BCUT2D eigenvalue weighted by molar-refractivity contribution is -0.141. The molecule has 0 atom stereocenters. The second kappa shape index (κ2) is 11.5. The Hall–Kier alpha value is -1.51. The first-order valence-electron chi connectivity index (χ1n) is 12.9. The Morgan fingerprint density at radius 3 is 2.26 bits per heavy atom. The van der Waals surface area contributed by atoms with E-state index in [1.54, 1.807) is 11.8 Å². The van der Waals surface area contributed by atoms with E-state index < -0.39 is 23.3 Å². The largest absolute Gasteiger partial charge is 0.434 e. The minimum Gasteiger partial charge on any atom is -0.349 e. The predicted octanol–water partition coefficient (Wildman–Crippen LogP) is 6.80. The van der Waals surface area contributed by atoms with Gasteiger partial charge in [0.15, 0.2) is 5.69 Å². The molecule has 1 saturated heterocycles. The summed E-state index contributed by atoms with van der Waals surface area (Å²) in [4.78, 5) is 22.2. The van der Waals surface area contributed by atoms with Crippen molar-refractivity contribution in [1.82, 2.24) is 14.9 Å². The van der Waals surface area contributed by atoms with Crippen molar-refractivity contribution < 1.29 is 18.0 Å². The molecule has 1 aliphatic heterocycles. The molecule has 5 nitrogen and oxygen atoms in total. The van der Waals surface area contributed by atoms with E-state index in [9.17, 15) is 18.0 Å². The van der Waals surface area contributed by atoms with Crippen molar-refractivity contribution in [2.45, 2.75) is 96.7 Å². The van der Waals surface area contributed by atoms with Crippen LogP contribution < -0.4 is 5.32 Å². The van der Waals surface area contributed by atoms with E-state index in [-0.39, 0.29) is 11.5 Å². The molecule has 2 heterocycles. The molecule has 9 heteroatoms. The molecule has 1 N–H and O–H groups in total. The lowest BCUT2D eigenvalue weighted by Crippen LogP contribution is -2.51. The summed E-state index contributed by atoms with van der Waals surface area (Å²) in [6.45, 7) is 7.11. The highest BCUT2D eigenvalue weighted by Crippen LogP contribution is 2.55. The van der Waals surface area contributed by atoms with Crippen LogP contribution in [0.15, 0.2) is 6.20 Å². The summed E-state index contributed by atoms with van der Waals surface area (Å²) in [7, 11) is 0. The molecule has 1 amide bonds. The minimum absolute atomic E-state index is 0.0107. The van der Waals surface area contributed by atoms with Crippen molar-refractivity contribution in [2.75, 3.05) is 29.9 Å². The van der Waals surface area contributed by atoms with Gasteiger partial charge >= 0.3 is 6.18 Å². The van der Waals surface area contributed by atoms with Gasteiger partial charge in [-0.15, -0.1) is 0 Å². The number of nitrogens with one attached hydrogen (secondary N) is 1. The number of hydrogen-bond acceptors (Lipinski definition) is 5. The molecule has 3 saturated carbocycles. The Morgan fingerprint density at radius 2 is 1.71 bits per heavy atom. The zero-order valence-electron chi connectivity index (χ0n) is 20.8. The first-order valence-corrected chi connectivity index (χ1v) is 14.0. The number of carbonyl (C=O) groups is 1. The molecule has 192 valence electrons. The summed E-state index contributed by atoms with van der Waals surface area (Å²) in [5.74, 6) is 0.824. The molecular formula is C25H39F3N4OS. The maximum atomic E-state index is 13.8. The van der Waals surface area contributed by atoms with Crippen molar-refractivity contribution in [2.24, 2.45) is 5.41 Å². The molecule has 0 unspecified atom stereocenters. The molecule has 1 aromatic heterocycles. The number of halogens is 3. The van der Waals surface area contributed by atoms with Crippen LogP contribution in [-0.2, 0) is 6.18 Å². The number of thioether (sulfide) groups is 1. The van der Waals surface area contributed by atoms with Gasteiger partial charge in [-0.05, 0) is 50.4 Å². The number of carbonyl (C=O) groups excluding carboxylic acids is 1. The van der Waals surface area contributed by atoms with Gasteiger partial charge in [0.25, 0.3) is 5.91 Å². The number of nitrogens with zero attached hydrogens (tertiary/aromatic N) is 3. The van der Waals surface area contributed by atoms with Gasteiger partial charge in [0.1, 0.15) is 0 Å². The van der Waals surface area contributed by atoms with Gasteiger partial charge in [-0.2, -0.15) is 24.9 Å². The summed E-state index contributed by atoms with van der Waals surface area (Å²) < 4.78 is 41.5. The molecule has 2 bridgehead atoms. The van der Waals surface area contributed by atoms with Crippen LogP contribution in [0.1, 0.15) is 101 Å². The second-order valence-corrected chi connectivity index (χ2v) is 10.9. The SMILES string of the molecule is CC.CCCCCC12CCC(Nc3ncc(C(=O)N4CCSCC4)c(C(F)(F)F)n3)(CC1)CC2. The summed E-state index contributed by atoms with van der Waals surface area (Å²) in [5.41, 5.74) is -1.39. The van der Waals surface area contributed by atoms with Crippen LogP contribution in [-0.4, -0.2) is 50.9 Å². The first kappa shape index (κ1) is 27.1. The van der Waals surface area contributed by atoms with E-state index in [4.69, 9.17) is 0 Å². The maximum absolute atomic E-state index is 13.8. The van der Waals surface area contributed by atoms with Crippen molar-refractivity contribution in [3.8, 4) is 0 Å². The molecule has 5 rings (SSSR count). The molecule has 0 spiro atoms. The normalized spacial score (nSPS) is 26.6. The topological polar surface area (TPSA) is 58.1 Å². The van der Waals surface area contributed by atoms with E-state index in [1.165, 1.54) is 30.6 Å². The van der Waals surface area contributed by atoms with Gasteiger partial charge in [0.05, 0.1) is 5.56 Å². The molecule has 4 fully saturated rings. The average Bonchev–Trinajstić information content (AvgIpc) is 2.86. The summed E-state index contributed by atoms with van der Waals surface area (Å²) >= 11 is 1.70. The van der Waals surface area contributed by atoms with Gasteiger partial charge in [-0.25, -0.2) is 9.97 Å². The standard InChI is InChI=1S/C23H33F3N4OS.C2H6/c1-2-3-4-5-21-6-9-22(10-7-21,11-8-21)29-20-27-16-17(18(28-20)23(24,25)26)19(31)30-12-14-32-15-13-30;1-2/h16H,2-15H2,1H3,(H,27,28,29);1-2H3. The zero-order valence-corrected chi connectivity index (χ0v) is 21.6. The van der Waals surface area contributed by atoms with Gasteiger partial charge < -0.3 is 10.2 Å². The van der Waals surface area contributed by atoms with E-state index in [0.29, 0.717) is 18.5 Å². The Bertz CT molecular complexity index is 802. The van der Waals surface area contributed by atoms with E-state index in [2.05, 4.69) is 22.2 Å². The van der Waals surface area contributed by atoms with Gasteiger partial charge in [-0.1, -0.05) is 40.0 Å². The third-order valence-corrected chi connectivity index (χ3v) is 8.62. The summed E-state index contributed by atoms with van der Waals surface area (Å²) in [6.07, 6.45) is 7.52. The quantitative estimate of drug-likeness (QED) is 0.418. The first-order chi connectivity index (χ1) is 16.3. The highest BCUT2D eigenvalue weighted by Gasteiger charge is 2.48. The Labute approximate surface area is 206 Å². The third-order valence-electron chi connectivity index (χ3n) is 7.68. The van der Waals surface area contributed by atoms with Crippen molar-refractivity contribution in [3.05, 3.63) is 17.5 Å². The molecule has 0 radical (unpaired) electrons. The summed E-state index contributed by atoms with van der Waals surface area (Å²) in [6, 6.07) is 0. The summed E-state index contributed by atoms with van der Waals surface area (Å²) in [5, 5.41) is 3.27. The van der Waals surface area contributed by atoms with Crippen LogP contribution in [0.2, 0.25) is 0 Å². The molecule has 1 aromatic rings. The Kier molecular flexibility index (Phi) is 9.15. The highest BCUT2D eigenvalue weighted by atomic mass is 32.2. The van der Waals surface area contributed by atoms with Crippen LogP contribution in [0, 0.1) is 5.41 Å². The number of rotatable bonds is 7. The fraction of sp³-hybridized carbons (Fsp3) is 0.800. The lowest BCUT2D eigenvalue weighted by Gasteiger charge is -2.54. The van der Waals surface area contributed by atoms with E-state index in [0.717, 1.165) is 56.2 Å². The van der Waals surface area contributed by atoms with Crippen LogP contribution in [0.4, 0.5) is 19.1 Å². The van der Waals surface area contributed by atoms with E-state index >= 15 is 0 Å². The number of hydrogen-bond donors (Lipinski definition) is 1. The smallest absolute Gasteiger partial charge is 0.349 e. The number of fused-ring (bicyclic) bond motifs is 3. The van der Waals surface area contributed by atoms with Crippen LogP contribution in [0.25, 0.3) is 0 Å². The minimum atomic E-state index is -4.71. The van der Waals surface area contributed by atoms with Crippen molar-refractivity contribution in [1.29, 1.82) is 0 Å². The molecule has 3 aliphatic carbocycles. The molecule has 34 heavy (non-hydrogen) atoms.